The Balaban J connectivity index is 1.39. The monoisotopic (exact) mass is 346 g/mol. The first-order valence-corrected chi connectivity index (χ1v) is 9.29. The standard InChI is InChI=1S/C17H22N4O2S/c1-10-9-13(16-18-5-6-21(10)16)20-17(22)19-11(2)15-12-4-8-24-14(12)3-7-23-15/h4-6,8,10-11,13,15H,3,7,9H2,1-2H3,(H2,19,20,22). The number of rotatable bonds is 3. The SMILES string of the molecule is CC(NC(=O)NC1CC(C)n2ccnc21)C1OCCc2sccc21. The van der Waals surface area contributed by atoms with E-state index in [1.54, 1.807) is 17.5 Å². The van der Waals surface area contributed by atoms with Crippen LogP contribution in [-0.4, -0.2) is 28.2 Å². The van der Waals surface area contributed by atoms with Gasteiger partial charge in [0.05, 0.1) is 18.7 Å². The molecule has 24 heavy (non-hydrogen) atoms. The number of imidazole rings is 1. The van der Waals surface area contributed by atoms with E-state index in [2.05, 4.69) is 38.6 Å². The fourth-order valence-electron chi connectivity index (χ4n) is 3.72. The van der Waals surface area contributed by atoms with Gasteiger partial charge in [-0.15, -0.1) is 11.3 Å². The van der Waals surface area contributed by atoms with Crippen LogP contribution in [0, 0.1) is 0 Å². The highest BCUT2D eigenvalue weighted by Gasteiger charge is 2.32. The van der Waals surface area contributed by atoms with Gasteiger partial charge < -0.3 is 19.9 Å². The molecule has 6 nitrogen and oxygen atoms in total. The highest BCUT2D eigenvalue weighted by Crippen LogP contribution is 2.34. The molecule has 0 spiro atoms. The molecule has 0 aliphatic carbocycles. The number of hydrogen-bond acceptors (Lipinski definition) is 4. The molecule has 7 heteroatoms. The lowest BCUT2D eigenvalue weighted by Gasteiger charge is -2.29. The zero-order valence-electron chi connectivity index (χ0n) is 13.9. The Kier molecular flexibility index (Phi) is 4.05. The molecule has 2 N–H and O–H groups in total. The summed E-state index contributed by atoms with van der Waals surface area (Å²) < 4.78 is 8.03. The van der Waals surface area contributed by atoms with Gasteiger partial charge in [-0.05, 0) is 37.3 Å². The molecule has 2 aromatic rings. The summed E-state index contributed by atoms with van der Waals surface area (Å²) >= 11 is 1.77. The second kappa shape index (κ2) is 6.22. The minimum atomic E-state index is -0.165. The van der Waals surface area contributed by atoms with E-state index in [9.17, 15) is 4.79 Å². The van der Waals surface area contributed by atoms with Crippen molar-refractivity contribution in [3.05, 3.63) is 40.1 Å². The second-order valence-electron chi connectivity index (χ2n) is 6.58. The summed E-state index contributed by atoms with van der Waals surface area (Å²) in [7, 11) is 0. The van der Waals surface area contributed by atoms with Gasteiger partial charge in [-0.3, -0.25) is 0 Å². The molecule has 4 heterocycles. The Morgan fingerprint density at radius 2 is 2.42 bits per heavy atom. The molecule has 4 rings (SSSR count). The Bertz CT molecular complexity index is 741. The fourth-order valence-corrected chi connectivity index (χ4v) is 4.62. The molecule has 128 valence electrons. The molecule has 2 amide bonds. The minimum absolute atomic E-state index is 0.0359. The van der Waals surface area contributed by atoms with E-state index < -0.39 is 0 Å². The summed E-state index contributed by atoms with van der Waals surface area (Å²) in [5, 5.41) is 8.19. The summed E-state index contributed by atoms with van der Waals surface area (Å²) in [6, 6.07) is 2.18. The molecule has 2 aromatic heterocycles. The van der Waals surface area contributed by atoms with E-state index in [1.165, 1.54) is 10.4 Å². The topological polar surface area (TPSA) is 68.2 Å². The third-order valence-corrected chi connectivity index (χ3v) is 5.89. The number of urea groups is 1. The van der Waals surface area contributed by atoms with Crippen LogP contribution in [0.2, 0.25) is 0 Å². The van der Waals surface area contributed by atoms with E-state index in [1.807, 2.05) is 13.1 Å². The average Bonchev–Trinajstić information content (AvgIpc) is 3.26. The Labute approximate surface area is 145 Å². The van der Waals surface area contributed by atoms with Gasteiger partial charge in [-0.25, -0.2) is 9.78 Å². The smallest absolute Gasteiger partial charge is 0.315 e. The highest BCUT2D eigenvalue weighted by atomic mass is 32.1. The Hall–Kier alpha value is -1.86. The molecule has 2 aliphatic rings. The van der Waals surface area contributed by atoms with Crippen molar-refractivity contribution in [2.75, 3.05) is 6.61 Å². The molecule has 0 aromatic carbocycles. The number of aromatic nitrogens is 2. The molecular formula is C17H22N4O2S. The van der Waals surface area contributed by atoms with E-state index in [0.717, 1.165) is 18.7 Å². The first-order chi connectivity index (χ1) is 11.6. The van der Waals surface area contributed by atoms with Crippen LogP contribution >= 0.6 is 11.3 Å². The molecule has 0 saturated carbocycles. The van der Waals surface area contributed by atoms with E-state index in [-0.39, 0.29) is 24.2 Å². The third-order valence-electron chi connectivity index (χ3n) is 4.89. The van der Waals surface area contributed by atoms with Crippen molar-refractivity contribution >= 4 is 17.4 Å². The minimum Gasteiger partial charge on any atom is -0.371 e. The van der Waals surface area contributed by atoms with Crippen LogP contribution in [0.3, 0.4) is 0 Å². The number of carbonyl (C=O) groups is 1. The number of nitrogens with one attached hydrogen (secondary N) is 2. The Morgan fingerprint density at radius 3 is 3.29 bits per heavy atom. The van der Waals surface area contributed by atoms with Crippen LogP contribution in [-0.2, 0) is 11.2 Å². The van der Waals surface area contributed by atoms with Gasteiger partial charge in [0.2, 0.25) is 0 Å². The zero-order chi connectivity index (χ0) is 16.7. The summed E-state index contributed by atoms with van der Waals surface area (Å²) in [5.41, 5.74) is 1.21. The second-order valence-corrected chi connectivity index (χ2v) is 7.58. The van der Waals surface area contributed by atoms with Crippen molar-refractivity contribution in [1.29, 1.82) is 0 Å². The molecule has 0 fully saturated rings. The number of fused-ring (bicyclic) bond motifs is 2. The number of nitrogens with zero attached hydrogens (tertiary/aromatic N) is 2. The molecule has 0 bridgehead atoms. The van der Waals surface area contributed by atoms with Gasteiger partial charge in [-0.1, -0.05) is 0 Å². The number of hydrogen-bond donors (Lipinski definition) is 2. The van der Waals surface area contributed by atoms with Gasteiger partial charge >= 0.3 is 6.03 Å². The van der Waals surface area contributed by atoms with Gasteiger partial charge in [0.1, 0.15) is 11.9 Å². The van der Waals surface area contributed by atoms with Gasteiger partial charge in [0.15, 0.2) is 0 Å². The van der Waals surface area contributed by atoms with Crippen molar-refractivity contribution in [3.63, 3.8) is 0 Å². The largest absolute Gasteiger partial charge is 0.371 e. The van der Waals surface area contributed by atoms with Gasteiger partial charge in [-0.2, -0.15) is 0 Å². The van der Waals surface area contributed by atoms with Crippen molar-refractivity contribution in [2.45, 2.75) is 50.9 Å². The average molecular weight is 346 g/mol. The molecule has 0 radical (unpaired) electrons. The van der Waals surface area contributed by atoms with E-state index in [4.69, 9.17) is 4.74 Å². The highest BCUT2D eigenvalue weighted by molar-refractivity contribution is 7.10. The van der Waals surface area contributed by atoms with Crippen LogP contribution in [0.15, 0.2) is 23.8 Å². The van der Waals surface area contributed by atoms with E-state index >= 15 is 0 Å². The van der Waals surface area contributed by atoms with Crippen LogP contribution < -0.4 is 10.6 Å². The lowest BCUT2D eigenvalue weighted by Crippen LogP contribution is -2.45. The molecule has 4 atom stereocenters. The first kappa shape index (κ1) is 15.7. The van der Waals surface area contributed by atoms with Crippen LogP contribution in [0.4, 0.5) is 4.79 Å². The van der Waals surface area contributed by atoms with Crippen LogP contribution in [0.5, 0.6) is 0 Å². The lowest BCUT2D eigenvalue weighted by molar-refractivity contribution is 0.0233. The van der Waals surface area contributed by atoms with Gasteiger partial charge in [0, 0.05) is 29.7 Å². The van der Waals surface area contributed by atoms with Crippen LogP contribution in [0.25, 0.3) is 0 Å². The number of carbonyl (C=O) groups excluding carboxylic acids is 1. The Morgan fingerprint density at radius 1 is 1.54 bits per heavy atom. The maximum Gasteiger partial charge on any atom is 0.315 e. The normalized spacial score (nSPS) is 26.5. The van der Waals surface area contributed by atoms with Crippen molar-refractivity contribution < 1.29 is 9.53 Å². The van der Waals surface area contributed by atoms with Crippen molar-refractivity contribution in [3.8, 4) is 0 Å². The molecule has 4 unspecified atom stereocenters. The maximum atomic E-state index is 12.4. The quantitative estimate of drug-likeness (QED) is 0.898. The summed E-state index contributed by atoms with van der Waals surface area (Å²) in [6.07, 6.45) is 5.52. The number of ether oxygens (including phenoxy) is 1. The predicted molar refractivity (Wildman–Crippen MR) is 92.1 cm³/mol. The molecule has 2 aliphatic heterocycles. The fraction of sp³-hybridized carbons (Fsp3) is 0.529. The summed E-state index contributed by atoms with van der Waals surface area (Å²) in [4.78, 5) is 18.2. The lowest BCUT2D eigenvalue weighted by atomic mass is 10.0. The number of amides is 2. The van der Waals surface area contributed by atoms with Crippen molar-refractivity contribution in [1.82, 2.24) is 20.2 Å². The summed E-state index contributed by atoms with van der Waals surface area (Å²) in [6.45, 7) is 4.85. The van der Waals surface area contributed by atoms with Crippen molar-refractivity contribution in [2.24, 2.45) is 0 Å². The third kappa shape index (κ3) is 2.71. The first-order valence-electron chi connectivity index (χ1n) is 8.41. The zero-order valence-corrected chi connectivity index (χ0v) is 14.7. The summed E-state index contributed by atoms with van der Waals surface area (Å²) in [5.74, 6) is 0.930. The predicted octanol–water partition coefficient (Wildman–Crippen LogP) is 2.95. The molecular weight excluding hydrogens is 324 g/mol. The number of thiophene rings is 1. The van der Waals surface area contributed by atoms with Crippen LogP contribution in [0.1, 0.15) is 54.7 Å². The van der Waals surface area contributed by atoms with Gasteiger partial charge in [0.25, 0.3) is 0 Å². The maximum absolute atomic E-state index is 12.4. The van der Waals surface area contributed by atoms with E-state index in [0.29, 0.717) is 12.6 Å². The molecule has 0 saturated heterocycles.